The van der Waals surface area contributed by atoms with Gasteiger partial charge in [-0.05, 0) is 24.5 Å². The zero-order chi connectivity index (χ0) is 14.3. The fraction of sp³-hybridized carbons (Fsp3) is 0.429. The molecular formula is C14H16Cl2N2O. The van der Waals surface area contributed by atoms with Crippen LogP contribution in [0.1, 0.15) is 25.3 Å². The molecule has 0 aromatic heterocycles. The number of rotatable bonds is 6. The quantitative estimate of drug-likeness (QED) is 0.752. The van der Waals surface area contributed by atoms with Crippen LogP contribution in [0.25, 0.3) is 0 Å². The Morgan fingerprint density at radius 1 is 1.42 bits per heavy atom. The van der Waals surface area contributed by atoms with Crippen LogP contribution in [-0.4, -0.2) is 23.9 Å². The van der Waals surface area contributed by atoms with Gasteiger partial charge in [-0.25, -0.2) is 0 Å². The van der Waals surface area contributed by atoms with Gasteiger partial charge in [-0.2, -0.15) is 5.26 Å². The van der Waals surface area contributed by atoms with Crippen LogP contribution in [0.15, 0.2) is 18.2 Å². The van der Waals surface area contributed by atoms with E-state index in [9.17, 15) is 4.79 Å². The van der Waals surface area contributed by atoms with Crippen molar-refractivity contribution in [2.24, 2.45) is 0 Å². The van der Waals surface area contributed by atoms with Gasteiger partial charge < -0.3 is 4.90 Å². The standard InChI is InChI=1S/C14H16Cl2N2O/c1-2-9-18(10-8-17)13(19)7-6-11-4-3-5-12(15)14(11)16/h3-5H,2,6-7,9-10H2,1H3. The van der Waals surface area contributed by atoms with Crippen LogP contribution >= 0.6 is 23.2 Å². The summed E-state index contributed by atoms with van der Waals surface area (Å²) in [6.45, 7) is 2.72. The summed E-state index contributed by atoms with van der Waals surface area (Å²) in [6.07, 6.45) is 1.71. The largest absolute Gasteiger partial charge is 0.329 e. The Balaban J connectivity index is 2.62. The van der Waals surface area contributed by atoms with Crippen LogP contribution < -0.4 is 0 Å². The van der Waals surface area contributed by atoms with Crippen molar-refractivity contribution in [3.8, 4) is 6.07 Å². The minimum atomic E-state index is -0.0283. The number of nitriles is 1. The van der Waals surface area contributed by atoms with E-state index >= 15 is 0 Å². The molecule has 102 valence electrons. The third kappa shape index (κ3) is 4.74. The zero-order valence-electron chi connectivity index (χ0n) is 10.8. The van der Waals surface area contributed by atoms with E-state index in [0.717, 1.165) is 12.0 Å². The van der Waals surface area contributed by atoms with E-state index < -0.39 is 0 Å². The van der Waals surface area contributed by atoms with Crippen molar-refractivity contribution < 1.29 is 4.79 Å². The number of amides is 1. The van der Waals surface area contributed by atoms with Crippen LogP contribution in [0.4, 0.5) is 0 Å². The van der Waals surface area contributed by atoms with Crippen LogP contribution in [0.2, 0.25) is 10.0 Å². The Labute approximate surface area is 123 Å². The van der Waals surface area contributed by atoms with E-state index in [-0.39, 0.29) is 12.5 Å². The topological polar surface area (TPSA) is 44.1 Å². The molecule has 0 unspecified atom stereocenters. The number of benzene rings is 1. The number of carbonyl (C=O) groups excluding carboxylic acids is 1. The molecule has 1 amide bonds. The van der Waals surface area contributed by atoms with E-state index in [1.807, 2.05) is 25.1 Å². The lowest BCUT2D eigenvalue weighted by Crippen LogP contribution is -2.32. The second-order valence-electron chi connectivity index (χ2n) is 4.19. The number of hydrogen-bond acceptors (Lipinski definition) is 2. The summed E-state index contributed by atoms with van der Waals surface area (Å²) in [5.41, 5.74) is 0.857. The van der Waals surface area contributed by atoms with E-state index in [2.05, 4.69) is 0 Å². The molecule has 0 atom stereocenters. The highest BCUT2D eigenvalue weighted by atomic mass is 35.5. The van der Waals surface area contributed by atoms with E-state index in [4.69, 9.17) is 28.5 Å². The summed E-state index contributed by atoms with van der Waals surface area (Å²) in [5, 5.41) is 9.69. The first-order valence-electron chi connectivity index (χ1n) is 6.17. The average Bonchev–Trinajstić information content (AvgIpc) is 2.40. The van der Waals surface area contributed by atoms with Gasteiger partial charge in [0.1, 0.15) is 6.54 Å². The van der Waals surface area contributed by atoms with Gasteiger partial charge in [0.25, 0.3) is 0 Å². The van der Waals surface area contributed by atoms with Gasteiger partial charge in [0.05, 0.1) is 16.1 Å². The summed E-state index contributed by atoms with van der Waals surface area (Å²) in [5.74, 6) is -0.0283. The molecule has 1 aromatic rings. The number of nitrogens with zero attached hydrogens (tertiary/aromatic N) is 2. The molecule has 0 heterocycles. The van der Waals surface area contributed by atoms with Crippen molar-refractivity contribution in [1.82, 2.24) is 4.90 Å². The molecule has 5 heteroatoms. The first kappa shape index (κ1) is 15.8. The maximum absolute atomic E-state index is 12.0. The maximum atomic E-state index is 12.0. The molecule has 0 aliphatic heterocycles. The second-order valence-corrected chi connectivity index (χ2v) is 4.97. The summed E-state index contributed by atoms with van der Waals surface area (Å²) in [7, 11) is 0. The van der Waals surface area contributed by atoms with Crippen molar-refractivity contribution in [3.63, 3.8) is 0 Å². The summed E-state index contributed by atoms with van der Waals surface area (Å²) in [4.78, 5) is 13.6. The Bertz CT molecular complexity index is 483. The van der Waals surface area contributed by atoms with Crippen molar-refractivity contribution in [3.05, 3.63) is 33.8 Å². The fourth-order valence-corrected chi connectivity index (χ4v) is 2.20. The Morgan fingerprint density at radius 3 is 2.79 bits per heavy atom. The van der Waals surface area contributed by atoms with E-state index in [1.165, 1.54) is 0 Å². The predicted molar refractivity (Wildman–Crippen MR) is 77.3 cm³/mol. The van der Waals surface area contributed by atoms with Gasteiger partial charge >= 0.3 is 0 Å². The first-order chi connectivity index (χ1) is 9.10. The number of carbonyl (C=O) groups is 1. The molecule has 1 aromatic carbocycles. The lowest BCUT2D eigenvalue weighted by atomic mass is 10.1. The van der Waals surface area contributed by atoms with Crippen molar-refractivity contribution in [2.45, 2.75) is 26.2 Å². The highest BCUT2D eigenvalue weighted by molar-refractivity contribution is 6.42. The van der Waals surface area contributed by atoms with E-state index in [1.54, 1.807) is 11.0 Å². The van der Waals surface area contributed by atoms with Crippen LogP contribution in [0.3, 0.4) is 0 Å². The van der Waals surface area contributed by atoms with Gasteiger partial charge in [-0.3, -0.25) is 4.79 Å². The summed E-state index contributed by atoms with van der Waals surface area (Å²) >= 11 is 12.0. The highest BCUT2D eigenvalue weighted by Crippen LogP contribution is 2.26. The lowest BCUT2D eigenvalue weighted by Gasteiger charge is -2.18. The van der Waals surface area contributed by atoms with Gasteiger partial charge in [0.2, 0.25) is 5.91 Å². The normalized spacial score (nSPS) is 10.0. The van der Waals surface area contributed by atoms with Crippen molar-refractivity contribution in [1.29, 1.82) is 5.26 Å². The molecule has 0 saturated heterocycles. The van der Waals surface area contributed by atoms with Gasteiger partial charge in [0.15, 0.2) is 0 Å². The molecule has 0 saturated carbocycles. The predicted octanol–water partition coefficient (Wildman–Crippen LogP) is 3.69. The zero-order valence-corrected chi connectivity index (χ0v) is 12.3. The van der Waals surface area contributed by atoms with Crippen molar-refractivity contribution >= 4 is 29.1 Å². The van der Waals surface area contributed by atoms with Gasteiger partial charge in [-0.1, -0.05) is 42.3 Å². The van der Waals surface area contributed by atoms with E-state index in [0.29, 0.717) is 29.4 Å². The monoisotopic (exact) mass is 298 g/mol. The molecule has 0 N–H and O–H groups in total. The molecule has 3 nitrogen and oxygen atoms in total. The SMILES string of the molecule is CCCN(CC#N)C(=O)CCc1cccc(Cl)c1Cl. The Kier molecular flexibility index (Phi) is 6.69. The third-order valence-corrected chi connectivity index (χ3v) is 3.61. The lowest BCUT2D eigenvalue weighted by molar-refractivity contribution is -0.130. The highest BCUT2D eigenvalue weighted by Gasteiger charge is 2.13. The smallest absolute Gasteiger partial charge is 0.223 e. The minimum absolute atomic E-state index is 0.0283. The molecule has 0 fully saturated rings. The maximum Gasteiger partial charge on any atom is 0.223 e. The number of halogens is 2. The Morgan fingerprint density at radius 2 is 2.16 bits per heavy atom. The molecule has 0 radical (unpaired) electrons. The molecule has 0 aliphatic carbocycles. The summed E-state index contributed by atoms with van der Waals surface area (Å²) < 4.78 is 0. The van der Waals surface area contributed by atoms with Gasteiger partial charge in [0, 0.05) is 13.0 Å². The Hall–Kier alpha value is -1.24. The molecule has 0 aliphatic rings. The third-order valence-electron chi connectivity index (χ3n) is 2.75. The number of aryl methyl sites for hydroxylation is 1. The average molecular weight is 299 g/mol. The minimum Gasteiger partial charge on any atom is -0.329 e. The first-order valence-corrected chi connectivity index (χ1v) is 6.93. The molecule has 0 bridgehead atoms. The molecule has 0 spiro atoms. The molecule has 19 heavy (non-hydrogen) atoms. The molecular weight excluding hydrogens is 283 g/mol. The number of hydrogen-bond donors (Lipinski definition) is 0. The van der Waals surface area contributed by atoms with Gasteiger partial charge in [-0.15, -0.1) is 0 Å². The van der Waals surface area contributed by atoms with Crippen LogP contribution in [0, 0.1) is 11.3 Å². The summed E-state index contributed by atoms with van der Waals surface area (Å²) in [6, 6.07) is 7.40. The van der Waals surface area contributed by atoms with Crippen molar-refractivity contribution in [2.75, 3.05) is 13.1 Å². The van der Waals surface area contributed by atoms with Crippen LogP contribution in [-0.2, 0) is 11.2 Å². The molecule has 1 rings (SSSR count). The second kappa shape index (κ2) is 8.04. The fourth-order valence-electron chi connectivity index (χ4n) is 1.79. The van der Waals surface area contributed by atoms with Crippen LogP contribution in [0.5, 0.6) is 0 Å².